The Morgan fingerprint density at radius 3 is 2.88 bits per heavy atom. The van der Waals surface area contributed by atoms with E-state index in [9.17, 15) is 4.79 Å². The number of nitriles is 1. The van der Waals surface area contributed by atoms with Gasteiger partial charge in [0.25, 0.3) is 0 Å². The van der Waals surface area contributed by atoms with E-state index in [0.29, 0.717) is 23.0 Å². The number of carbonyl (C=O) groups is 1. The van der Waals surface area contributed by atoms with Gasteiger partial charge in [-0.15, -0.1) is 0 Å². The lowest BCUT2D eigenvalue weighted by atomic mass is 9.97. The van der Waals surface area contributed by atoms with Crippen molar-refractivity contribution in [3.63, 3.8) is 0 Å². The van der Waals surface area contributed by atoms with Crippen LogP contribution >= 0.6 is 11.6 Å². The Morgan fingerprint density at radius 1 is 1.50 bits per heavy atom. The molecule has 1 N–H and O–H groups in total. The van der Waals surface area contributed by atoms with E-state index in [-0.39, 0.29) is 6.09 Å². The minimum Gasteiger partial charge on any atom is -0.444 e. The van der Waals surface area contributed by atoms with Crippen molar-refractivity contribution in [2.24, 2.45) is 5.92 Å². The zero-order chi connectivity index (χ0) is 17.7. The van der Waals surface area contributed by atoms with Crippen LogP contribution in [0.5, 0.6) is 0 Å². The maximum absolute atomic E-state index is 11.8. The summed E-state index contributed by atoms with van der Waals surface area (Å²) in [5, 5.41) is 12.3. The summed E-state index contributed by atoms with van der Waals surface area (Å²) in [4.78, 5) is 14.0. The van der Waals surface area contributed by atoms with Crippen molar-refractivity contribution < 1.29 is 9.53 Å². The van der Waals surface area contributed by atoms with Gasteiger partial charge in [-0.3, -0.25) is 0 Å². The molecule has 1 aliphatic rings. The average molecular weight is 350 g/mol. The topological polar surface area (TPSA) is 65.4 Å². The molecule has 1 aliphatic heterocycles. The molecule has 24 heavy (non-hydrogen) atoms. The SMILES string of the molecule is CC(C)(C)OC(=O)NCC1CCCN(c2ccc(C#N)c(Cl)c2)C1. The first-order chi connectivity index (χ1) is 11.3. The molecule has 0 aliphatic carbocycles. The average Bonchev–Trinajstić information content (AvgIpc) is 2.51. The highest BCUT2D eigenvalue weighted by atomic mass is 35.5. The number of amides is 1. The first-order valence-corrected chi connectivity index (χ1v) is 8.58. The summed E-state index contributed by atoms with van der Waals surface area (Å²) in [6.07, 6.45) is 1.75. The highest BCUT2D eigenvalue weighted by Gasteiger charge is 2.22. The highest BCUT2D eigenvalue weighted by molar-refractivity contribution is 6.32. The maximum atomic E-state index is 11.8. The van der Waals surface area contributed by atoms with E-state index >= 15 is 0 Å². The van der Waals surface area contributed by atoms with Gasteiger partial charge in [0.2, 0.25) is 0 Å². The molecule has 0 radical (unpaired) electrons. The summed E-state index contributed by atoms with van der Waals surface area (Å²) in [7, 11) is 0. The van der Waals surface area contributed by atoms with Crippen LogP contribution in [-0.2, 0) is 4.74 Å². The second kappa shape index (κ2) is 7.76. The van der Waals surface area contributed by atoms with E-state index in [4.69, 9.17) is 21.6 Å². The van der Waals surface area contributed by atoms with Gasteiger partial charge in [-0.25, -0.2) is 4.79 Å². The van der Waals surface area contributed by atoms with E-state index in [1.807, 2.05) is 32.9 Å². The van der Waals surface area contributed by atoms with Crippen LogP contribution in [0.25, 0.3) is 0 Å². The van der Waals surface area contributed by atoms with Crippen LogP contribution in [0, 0.1) is 17.2 Å². The Morgan fingerprint density at radius 2 is 2.25 bits per heavy atom. The van der Waals surface area contributed by atoms with Crippen LogP contribution in [0.15, 0.2) is 18.2 Å². The van der Waals surface area contributed by atoms with Crippen molar-refractivity contribution in [1.82, 2.24) is 5.32 Å². The molecular formula is C18H24ClN3O2. The van der Waals surface area contributed by atoms with Crippen LogP contribution in [0.3, 0.4) is 0 Å². The number of hydrogen-bond acceptors (Lipinski definition) is 4. The summed E-state index contributed by atoms with van der Waals surface area (Å²) in [6.45, 7) is 7.94. The van der Waals surface area contributed by atoms with Gasteiger partial charge in [0, 0.05) is 25.3 Å². The molecule has 1 aromatic carbocycles. The zero-order valence-corrected chi connectivity index (χ0v) is 15.2. The number of anilines is 1. The molecular weight excluding hydrogens is 326 g/mol. The van der Waals surface area contributed by atoms with Crippen LogP contribution in [-0.4, -0.2) is 31.3 Å². The minimum atomic E-state index is -0.484. The predicted octanol–water partition coefficient (Wildman–Crippen LogP) is 3.95. The Balaban J connectivity index is 1.91. The number of nitrogens with zero attached hydrogens (tertiary/aromatic N) is 2. The lowest BCUT2D eigenvalue weighted by molar-refractivity contribution is 0.0517. The standard InChI is InChI=1S/C18H24ClN3O2/c1-18(2,3)24-17(23)21-11-13-5-4-8-22(12-13)15-7-6-14(10-20)16(19)9-15/h6-7,9,13H,4-5,8,11-12H2,1-3H3,(H,21,23). The molecule has 1 heterocycles. The van der Waals surface area contributed by atoms with Crippen molar-refractivity contribution in [1.29, 1.82) is 5.26 Å². The number of carbonyl (C=O) groups excluding carboxylic acids is 1. The van der Waals surface area contributed by atoms with Crippen molar-refractivity contribution in [3.05, 3.63) is 28.8 Å². The van der Waals surface area contributed by atoms with Gasteiger partial charge in [0.15, 0.2) is 0 Å². The Hall–Kier alpha value is -1.93. The second-order valence-corrected chi connectivity index (χ2v) is 7.52. The number of hydrogen-bond donors (Lipinski definition) is 1. The zero-order valence-electron chi connectivity index (χ0n) is 14.4. The Labute approximate surface area is 148 Å². The summed E-state index contributed by atoms with van der Waals surface area (Å²) in [5.74, 6) is 0.362. The molecule has 0 saturated carbocycles. The predicted molar refractivity (Wildman–Crippen MR) is 95.3 cm³/mol. The maximum Gasteiger partial charge on any atom is 0.407 e. The first-order valence-electron chi connectivity index (χ1n) is 8.20. The third-order valence-corrected chi connectivity index (χ3v) is 4.20. The van der Waals surface area contributed by atoms with Gasteiger partial charge in [0.1, 0.15) is 11.7 Å². The van der Waals surface area contributed by atoms with Crippen LogP contribution in [0.4, 0.5) is 10.5 Å². The van der Waals surface area contributed by atoms with Gasteiger partial charge >= 0.3 is 6.09 Å². The van der Waals surface area contributed by atoms with Crippen LogP contribution < -0.4 is 10.2 Å². The summed E-state index contributed by atoms with van der Waals surface area (Å²) < 4.78 is 5.27. The van der Waals surface area contributed by atoms with Crippen LogP contribution in [0.1, 0.15) is 39.2 Å². The van der Waals surface area contributed by atoms with Crippen molar-refractivity contribution in [2.45, 2.75) is 39.2 Å². The van der Waals surface area contributed by atoms with Gasteiger partial charge in [-0.1, -0.05) is 11.6 Å². The summed E-state index contributed by atoms with van der Waals surface area (Å²) in [5.41, 5.74) is 1.02. The number of benzene rings is 1. The Kier molecular flexibility index (Phi) is 5.95. The quantitative estimate of drug-likeness (QED) is 0.897. The van der Waals surface area contributed by atoms with E-state index in [0.717, 1.165) is 31.6 Å². The number of ether oxygens (including phenoxy) is 1. The molecule has 1 aromatic rings. The molecule has 5 nitrogen and oxygen atoms in total. The fraction of sp³-hybridized carbons (Fsp3) is 0.556. The molecule has 130 valence electrons. The molecule has 1 amide bonds. The van der Waals surface area contributed by atoms with Gasteiger partial charge in [-0.2, -0.15) is 5.26 Å². The molecule has 1 fully saturated rings. The van der Waals surface area contributed by atoms with Crippen LogP contribution in [0.2, 0.25) is 5.02 Å². The monoisotopic (exact) mass is 349 g/mol. The third kappa shape index (κ3) is 5.31. The fourth-order valence-electron chi connectivity index (χ4n) is 2.80. The molecule has 1 atom stereocenters. The van der Waals surface area contributed by atoms with Crippen molar-refractivity contribution in [3.8, 4) is 6.07 Å². The lowest BCUT2D eigenvalue weighted by Gasteiger charge is -2.34. The normalized spacial score (nSPS) is 18.0. The van der Waals surface area contributed by atoms with E-state index < -0.39 is 5.60 Å². The molecule has 6 heteroatoms. The third-order valence-electron chi connectivity index (χ3n) is 3.89. The molecule has 0 aromatic heterocycles. The number of rotatable bonds is 3. The molecule has 1 unspecified atom stereocenters. The van der Waals surface area contributed by atoms with E-state index in [1.54, 1.807) is 6.07 Å². The number of piperidine rings is 1. The molecule has 0 bridgehead atoms. The largest absolute Gasteiger partial charge is 0.444 e. The van der Waals surface area contributed by atoms with Gasteiger partial charge in [0.05, 0.1) is 10.6 Å². The number of nitrogens with one attached hydrogen (secondary N) is 1. The molecule has 2 rings (SSSR count). The lowest BCUT2D eigenvalue weighted by Crippen LogP contribution is -2.42. The highest BCUT2D eigenvalue weighted by Crippen LogP contribution is 2.27. The minimum absolute atomic E-state index is 0.362. The van der Waals surface area contributed by atoms with Gasteiger partial charge in [-0.05, 0) is 57.7 Å². The molecule has 0 spiro atoms. The Bertz CT molecular complexity index is 634. The van der Waals surface area contributed by atoms with E-state index in [2.05, 4.69) is 16.3 Å². The first kappa shape index (κ1) is 18.4. The van der Waals surface area contributed by atoms with Gasteiger partial charge < -0.3 is 15.0 Å². The summed E-state index contributed by atoms with van der Waals surface area (Å²) >= 11 is 6.13. The van der Waals surface area contributed by atoms with Crippen molar-refractivity contribution in [2.75, 3.05) is 24.5 Å². The van der Waals surface area contributed by atoms with E-state index in [1.165, 1.54) is 0 Å². The second-order valence-electron chi connectivity index (χ2n) is 7.11. The molecule has 1 saturated heterocycles. The van der Waals surface area contributed by atoms with Crippen molar-refractivity contribution >= 4 is 23.4 Å². The summed E-state index contributed by atoms with van der Waals surface area (Å²) in [6, 6.07) is 7.59. The number of alkyl carbamates (subject to hydrolysis) is 1. The number of halogens is 1. The fourth-order valence-corrected chi connectivity index (χ4v) is 3.02. The smallest absolute Gasteiger partial charge is 0.407 e.